The summed E-state index contributed by atoms with van der Waals surface area (Å²) in [5.74, 6) is 0.123. The van der Waals surface area contributed by atoms with E-state index in [2.05, 4.69) is 15.0 Å². The summed E-state index contributed by atoms with van der Waals surface area (Å²) in [5.41, 5.74) is 4.67. The molecule has 130 valence electrons. The van der Waals surface area contributed by atoms with Crippen LogP contribution in [0.4, 0.5) is 4.39 Å². The largest absolute Gasteiger partial charge is 0.341 e. The summed E-state index contributed by atoms with van der Waals surface area (Å²) in [6, 6.07) is 6.02. The molecule has 3 aromatic rings. The van der Waals surface area contributed by atoms with Crippen molar-refractivity contribution in [3.63, 3.8) is 0 Å². The van der Waals surface area contributed by atoms with Gasteiger partial charge >= 0.3 is 0 Å². The third kappa shape index (κ3) is 3.76. The number of likely N-dealkylation sites (N-methyl/N-ethyl adjacent to an activating group) is 1. The smallest absolute Gasteiger partial charge is 0.274 e. The van der Waals surface area contributed by atoms with Gasteiger partial charge in [0.2, 0.25) is 0 Å². The molecule has 1 amide bonds. The maximum Gasteiger partial charge on any atom is 0.274 e. The Morgan fingerprint density at radius 2 is 2.00 bits per heavy atom. The van der Waals surface area contributed by atoms with Crippen molar-refractivity contribution in [3.8, 4) is 11.4 Å². The summed E-state index contributed by atoms with van der Waals surface area (Å²) in [6.07, 6.45) is 0.771. The summed E-state index contributed by atoms with van der Waals surface area (Å²) in [4.78, 5) is 27.3. The van der Waals surface area contributed by atoms with Crippen LogP contribution < -0.4 is 0 Å². The number of benzene rings is 1. The fraction of sp³-hybridized carbons (Fsp3) is 0.278. The van der Waals surface area contributed by atoms with Gasteiger partial charge in [0.15, 0.2) is 0 Å². The van der Waals surface area contributed by atoms with E-state index >= 15 is 0 Å². The highest BCUT2D eigenvalue weighted by Gasteiger charge is 2.19. The summed E-state index contributed by atoms with van der Waals surface area (Å²) in [5, 5.41) is 0. The number of nitrogens with one attached hydrogen (secondary N) is 1. The van der Waals surface area contributed by atoms with Crippen LogP contribution in [-0.2, 0) is 6.42 Å². The number of H-pyrrole nitrogens is 1. The Kier molecular flexibility index (Phi) is 4.94. The average Bonchev–Trinajstić information content (AvgIpc) is 3.18. The van der Waals surface area contributed by atoms with Crippen molar-refractivity contribution in [3.05, 3.63) is 57.6 Å². The summed E-state index contributed by atoms with van der Waals surface area (Å²) in [7, 11) is 1.77. The molecule has 0 saturated carbocycles. The van der Waals surface area contributed by atoms with Crippen LogP contribution >= 0.6 is 11.3 Å². The highest BCUT2D eigenvalue weighted by molar-refractivity contribution is 7.09. The minimum atomic E-state index is -0.304. The molecule has 0 unspecified atom stereocenters. The van der Waals surface area contributed by atoms with E-state index in [1.165, 1.54) is 17.0 Å². The van der Waals surface area contributed by atoms with Crippen LogP contribution in [0, 0.1) is 19.7 Å². The minimum Gasteiger partial charge on any atom is -0.341 e. The van der Waals surface area contributed by atoms with Crippen LogP contribution in [0.3, 0.4) is 0 Å². The highest BCUT2D eigenvalue weighted by Crippen LogP contribution is 2.20. The van der Waals surface area contributed by atoms with Gasteiger partial charge in [0, 0.05) is 36.1 Å². The lowest BCUT2D eigenvalue weighted by molar-refractivity contribution is 0.0791. The second-order valence-corrected chi connectivity index (χ2v) is 6.84. The number of hydrogen-bond donors (Lipinski definition) is 1. The number of amides is 1. The van der Waals surface area contributed by atoms with E-state index in [1.807, 2.05) is 19.4 Å². The van der Waals surface area contributed by atoms with Gasteiger partial charge in [-0.1, -0.05) is 0 Å². The van der Waals surface area contributed by atoms with Crippen LogP contribution in [0.5, 0.6) is 0 Å². The van der Waals surface area contributed by atoms with E-state index in [9.17, 15) is 9.18 Å². The van der Waals surface area contributed by atoms with Gasteiger partial charge in [0.05, 0.1) is 11.2 Å². The van der Waals surface area contributed by atoms with Crippen LogP contribution in [0.25, 0.3) is 11.4 Å². The van der Waals surface area contributed by atoms with E-state index in [4.69, 9.17) is 0 Å². The van der Waals surface area contributed by atoms with Gasteiger partial charge in [0.25, 0.3) is 5.91 Å². The number of carbonyl (C=O) groups excluding carboxylic acids is 1. The predicted molar refractivity (Wildman–Crippen MR) is 96.2 cm³/mol. The second-order valence-electron chi connectivity index (χ2n) is 5.90. The van der Waals surface area contributed by atoms with Crippen molar-refractivity contribution in [2.24, 2.45) is 0 Å². The normalized spacial score (nSPS) is 10.9. The number of aromatic amines is 1. The fourth-order valence-corrected chi connectivity index (χ4v) is 3.30. The lowest BCUT2D eigenvalue weighted by atomic mass is 10.2. The van der Waals surface area contributed by atoms with Crippen molar-refractivity contribution in [2.75, 3.05) is 13.6 Å². The van der Waals surface area contributed by atoms with Crippen molar-refractivity contribution >= 4 is 17.2 Å². The van der Waals surface area contributed by atoms with Crippen LogP contribution in [-0.4, -0.2) is 39.4 Å². The fourth-order valence-electron chi connectivity index (χ4n) is 2.53. The van der Waals surface area contributed by atoms with Gasteiger partial charge in [-0.2, -0.15) is 0 Å². The Morgan fingerprint density at radius 3 is 2.64 bits per heavy atom. The zero-order valence-corrected chi connectivity index (χ0v) is 15.2. The van der Waals surface area contributed by atoms with Crippen molar-refractivity contribution < 1.29 is 9.18 Å². The molecule has 1 aromatic carbocycles. The Hall–Kier alpha value is -2.54. The predicted octanol–water partition coefficient (Wildman–Crippen LogP) is 3.60. The Balaban J connectivity index is 1.73. The lowest BCUT2D eigenvalue weighted by Crippen LogP contribution is -2.29. The van der Waals surface area contributed by atoms with Gasteiger partial charge in [-0.3, -0.25) is 4.79 Å². The van der Waals surface area contributed by atoms with Crippen molar-refractivity contribution in [1.29, 1.82) is 0 Å². The number of nitrogens with zero attached hydrogens (tertiary/aromatic N) is 3. The topological polar surface area (TPSA) is 61.9 Å². The first-order valence-corrected chi connectivity index (χ1v) is 8.80. The molecule has 0 saturated heterocycles. The number of thiazole rings is 1. The molecule has 0 atom stereocenters. The van der Waals surface area contributed by atoms with Crippen LogP contribution in [0.1, 0.15) is 26.8 Å². The maximum atomic E-state index is 13.1. The Morgan fingerprint density at radius 1 is 1.28 bits per heavy atom. The van der Waals surface area contributed by atoms with Gasteiger partial charge in [0.1, 0.15) is 17.3 Å². The van der Waals surface area contributed by atoms with E-state index in [1.54, 1.807) is 35.4 Å². The van der Waals surface area contributed by atoms with E-state index in [0.29, 0.717) is 23.8 Å². The van der Waals surface area contributed by atoms with Gasteiger partial charge < -0.3 is 9.88 Å². The molecule has 2 aromatic heterocycles. The third-order valence-corrected chi connectivity index (χ3v) is 5.07. The number of aryl methyl sites for hydroxylation is 2. The number of rotatable bonds is 5. The third-order valence-electron chi connectivity index (χ3n) is 4.07. The van der Waals surface area contributed by atoms with Gasteiger partial charge in [-0.25, -0.2) is 14.4 Å². The molecular formula is C18H19FN4OS. The first kappa shape index (κ1) is 17.3. The first-order valence-electron chi connectivity index (χ1n) is 7.92. The number of carbonyl (C=O) groups is 1. The zero-order valence-electron chi connectivity index (χ0n) is 14.3. The molecule has 7 heteroatoms. The molecule has 0 aliphatic heterocycles. The van der Waals surface area contributed by atoms with E-state index in [-0.39, 0.29) is 11.7 Å². The van der Waals surface area contributed by atoms with Crippen LogP contribution in [0.2, 0.25) is 0 Å². The summed E-state index contributed by atoms with van der Waals surface area (Å²) < 4.78 is 13.1. The van der Waals surface area contributed by atoms with Gasteiger partial charge in [-0.05, 0) is 38.1 Å². The molecule has 25 heavy (non-hydrogen) atoms. The second kappa shape index (κ2) is 7.14. The average molecular weight is 358 g/mol. The molecule has 0 bridgehead atoms. The van der Waals surface area contributed by atoms with Crippen molar-refractivity contribution in [2.45, 2.75) is 20.3 Å². The molecule has 3 rings (SSSR count). The molecule has 0 aliphatic rings. The van der Waals surface area contributed by atoms with E-state index in [0.717, 1.165) is 17.7 Å². The Labute approximate surface area is 149 Å². The van der Waals surface area contributed by atoms with Crippen LogP contribution in [0.15, 0.2) is 29.8 Å². The minimum absolute atomic E-state index is 0.135. The summed E-state index contributed by atoms with van der Waals surface area (Å²) >= 11 is 1.60. The van der Waals surface area contributed by atoms with Crippen molar-refractivity contribution in [1.82, 2.24) is 19.9 Å². The molecule has 0 fully saturated rings. The Bertz CT molecular complexity index is 885. The number of aromatic nitrogens is 3. The standard InChI is InChI=1S/C18H19FN4OS/c1-11-15(25-10-20-11)8-9-23(3)18(24)16-12(2)21-17(22-16)13-4-6-14(19)7-5-13/h4-7,10H,8-9H2,1-3H3,(H,21,22). The molecule has 2 heterocycles. The summed E-state index contributed by atoms with van der Waals surface area (Å²) in [6.45, 7) is 4.38. The zero-order chi connectivity index (χ0) is 18.0. The monoisotopic (exact) mass is 358 g/mol. The molecular weight excluding hydrogens is 339 g/mol. The quantitative estimate of drug-likeness (QED) is 0.758. The SMILES string of the molecule is Cc1ncsc1CCN(C)C(=O)c1nc(-c2ccc(F)cc2)[nH]c1C. The van der Waals surface area contributed by atoms with Gasteiger partial charge in [-0.15, -0.1) is 11.3 Å². The molecule has 0 radical (unpaired) electrons. The number of imidazole rings is 1. The first-order chi connectivity index (χ1) is 12.0. The maximum absolute atomic E-state index is 13.1. The molecule has 5 nitrogen and oxygen atoms in total. The number of halogens is 1. The highest BCUT2D eigenvalue weighted by atomic mass is 32.1. The number of hydrogen-bond acceptors (Lipinski definition) is 4. The van der Waals surface area contributed by atoms with E-state index < -0.39 is 0 Å². The molecule has 1 N–H and O–H groups in total. The molecule has 0 aliphatic carbocycles. The molecule has 0 spiro atoms. The lowest BCUT2D eigenvalue weighted by Gasteiger charge is -2.15.